The van der Waals surface area contributed by atoms with Crippen molar-refractivity contribution in [1.82, 2.24) is 0 Å². The van der Waals surface area contributed by atoms with E-state index in [4.69, 9.17) is 4.43 Å². The molecule has 26 heavy (non-hydrogen) atoms. The number of carbonyl (C=O) groups excluding carboxylic acids is 1. The van der Waals surface area contributed by atoms with Crippen LogP contribution in [0.3, 0.4) is 0 Å². The molecule has 0 aliphatic heterocycles. The highest BCUT2D eigenvalue weighted by Gasteiger charge is 2.55. The summed E-state index contributed by atoms with van der Waals surface area (Å²) in [4.78, 5) is 13.2. The Morgan fingerprint density at radius 3 is 2.50 bits per heavy atom. The van der Waals surface area contributed by atoms with E-state index in [1.807, 2.05) is 0 Å². The number of hydrogen-bond acceptors (Lipinski definition) is 2. The van der Waals surface area contributed by atoms with Gasteiger partial charge < -0.3 is 4.43 Å². The predicted octanol–water partition coefficient (Wildman–Crippen LogP) is 6.28. The van der Waals surface area contributed by atoms with Crippen LogP contribution in [0.5, 0.6) is 0 Å². The summed E-state index contributed by atoms with van der Waals surface area (Å²) < 4.78 is 5.98. The predicted molar refractivity (Wildman–Crippen MR) is 112 cm³/mol. The number of fused-ring (bicyclic) bond motifs is 3. The molecule has 2 aliphatic rings. The fourth-order valence-electron chi connectivity index (χ4n) is 4.99. The van der Waals surface area contributed by atoms with Gasteiger partial charge in [-0.05, 0) is 62.0 Å². The monoisotopic (exact) mass is 370 g/mol. The van der Waals surface area contributed by atoms with Crippen LogP contribution >= 0.6 is 0 Å². The molecule has 0 aromatic heterocycles. The lowest BCUT2D eigenvalue weighted by Crippen LogP contribution is -2.52. The summed E-state index contributed by atoms with van der Waals surface area (Å²) in [6, 6.07) is 6.93. The van der Waals surface area contributed by atoms with Crippen LogP contribution in [0.2, 0.25) is 19.6 Å². The first-order valence-electron chi connectivity index (χ1n) is 10.0. The lowest BCUT2D eigenvalue weighted by atomic mass is 9.51. The third-order valence-electron chi connectivity index (χ3n) is 6.46. The highest BCUT2D eigenvalue weighted by Crippen LogP contribution is 2.56. The molecule has 0 amide bonds. The first-order chi connectivity index (χ1) is 12.0. The van der Waals surface area contributed by atoms with E-state index in [9.17, 15) is 4.79 Å². The standard InChI is InChI=1S/C23H34O2Si/c1-16(2)17-9-11-19-18(15-17)10-12-20-22(19,3)13-8-14-23(20,4)21(24)25-26(5,6)7/h9-12,15-16,20H,8,13-14H2,1-7H3/t20-,22-,23-/m1/s1. The van der Waals surface area contributed by atoms with Crippen molar-refractivity contribution in [1.29, 1.82) is 0 Å². The number of rotatable bonds is 3. The van der Waals surface area contributed by atoms with E-state index in [1.54, 1.807) is 0 Å². The molecule has 3 heteroatoms. The van der Waals surface area contributed by atoms with Crippen molar-refractivity contribution in [2.75, 3.05) is 0 Å². The second kappa shape index (κ2) is 6.37. The Hall–Kier alpha value is -1.35. The Bertz CT molecular complexity index is 743. The van der Waals surface area contributed by atoms with Crippen molar-refractivity contribution in [3.63, 3.8) is 0 Å². The van der Waals surface area contributed by atoms with E-state index in [0.717, 1.165) is 19.3 Å². The molecule has 3 atom stereocenters. The fourth-order valence-corrected chi connectivity index (χ4v) is 5.78. The van der Waals surface area contributed by atoms with Crippen LogP contribution in [-0.4, -0.2) is 14.3 Å². The summed E-state index contributed by atoms with van der Waals surface area (Å²) >= 11 is 0. The van der Waals surface area contributed by atoms with Crippen LogP contribution in [0.4, 0.5) is 0 Å². The SMILES string of the molecule is CC(C)c1ccc2c(c1)C=C[C@H]1[C@](C)(C(=O)O[Si](C)(C)C)CCC[C@]21C. The summed E-state index contributed by atoms with van der Waals surface area (Å²) in [5, 5.41) is 0. The number of benzene rings is 1. The van der Waals surface area contributed by atoms with Crippen molar-refractivity contribution in [3.05, 3.63) is 41.0 Å². The average Bonchev–Trinajstić information content (AvgIpc) is 2.52. The zero-order chi connectivity index (χ0) is 19.3. The van der Waals surface area contributed by atoms with Crippen molar-refractivity contribution >= 4 is 20.4 Å². The quantitative estimate of drug-likeness (QED) is 0.585. The molecular weight excluding hydrogens is 336 g/mol. The molecule has 0 N–H and O–H groups in total. The average molecular weight is 371 g/mol. The summed E-state index contributed by atoms with van der Waals surface area (Å²) in [5.74, 6) is 0.743. The summed E-state index contributed by atoms with van der Waals surface area (Å²) in [6.07, 6.45) is 7.67. The molecule has 1 aromatic rings. The molecule has 1 fully saturated rings. The molecule has 0 saturated heterocycles. The van der Waals surface area contributed by atoms with Gasteiger partial charge in [0.15, 0.2) is 0 Å². The normalized spacial score (nSPS) is 30.7. The van der Waals surface area contributed by atoms with Gasteiger partial charge in [0.25, 0.3) is 5.97 Å². The largest absolute Gasteiger partial charge is 0.519 e. The molecule has 3 rings (SSSR count). The van der Waals surface area contributed by atoms with Gasteiger partial charge in [-0.3, -0.25) is 4.79 Å². The molecule has 0 unspecified atom stereocenters. The molecule has 142 valence electrons. The van der Waals surface area contributed by atoms with Crippen LogP contribution in [0, 0.1) is 11.3 Å². The maximum Gasteiger partial charge on any atom is 0.299 e. The first-order valence-corrected chi connectivity index (χ1v) is 13.4. The third kappa shape index (κ3) is 3.19. The maximum atomic E-state index is 13.2. The molecule has 0 spiro atoms. The van der Waals surface area contributed by atoms with E-state index in [1.165, 1.54) is 16.7 Å². The Kier molecular flexibility index (Phi) is 4.75. The van der Waals surface area contributed by atoms with Crippen molar-refractivity contribution in [2.45, 2.75) is 77.9 Å². The van der Waals surface area contributed by atoms with E-state index in [0.29, 0.717) is 5.92 Å². The first kappa shape index (κ1) is 19.4. The van der Waals surface area contributed by atoms with Crippen LogP contribution in [0.25, 0.3) is 6.08 Å². The van der Waals surface area contributed by atoms with Crippen molar-refractivity contribution in [2.24, 2.45) is 11.3 Å². The Morgan fingerprint density at radius 2 is 1.88 bits per heavy atom. The highest BCUT2D eigenvalue weighted by atomic mass is 28.4. The van der Waals surface area contributed by atoms with Gasteiger partial charge >= 0.3 is 0 Å². The number of hydrogen-bond donors (Lipinski definition) is 0. The molecule has 1 saturated carbocycles. The molecule has 0 bridgehead atoms. The maximum absolute atomic E-state index is 13.2. The minimum atomic E-state index is -1.90. The number of allylic oxidation sites excluding steroid dienone is 1. The fraction of sp³-hybridized carbons (Fsp3) is 0.609. The van der Waals surface area contributed by atoms with Gasteiger partial charge in [-0.1, -0.05) is 57.5 Å². The van der Waals surface area contributed by atoms with Gasteiger partial charge in [0.2, 0.25) is 8.32 Å². The van der Waals surface area contributed by atoms with Gasteiger partial charge in [0.05, 0.1) is 5.41 Å². The molecular formula is C23H34O2Si. The van der Waals surface area contributed by atoms with Crippen LogP contribution in [0.15, 0.2) is 24.3 Å². The lowest BCUT2D eigenvalue weighted by molar-refractivity contribution is -0.152. The summed E-state index contributed by atoms with van der Waals surface area (Å²) in [7, 11) is -1.90. The number of carbonyl (C=O) groups is 1. The van der Waals surface area contributed by atoms with E-state index >= 15 is 0 Å². The highest BCUT2D eigenvalue weighted by molar-refractivity contribution is 6.71. The minimum Gasteiger partial charge on any atom is -0.519 e. The van der Waals surface area contributed by atoms with Crippen molar-refractivity contribution < 1.29 is 9.22 Å². The summed E-state index contributed by atoms with van der Waals surface area (Å²) in [6.45, 7) is 15.2. The second-order valence-corrected chi connectivity index (χ2v) is 14.5. The van der Waals surface area contributed by atoms with Crippen molar-refractivity contribution in [3.8, 4) is 0 Å². The smallest absolute Gasteiger partial charge is 0.299 e. The topological polar surface area (TPSA) is 26.3 Å². The molecule has 0 radical (unpaired) electrons. The second-order valence-electron chi connectivity index (χ2n) is 10.0. The molecule has 0 heterocycles. The Morgan fingerprint density at radius 1 is 1.19 bits per heavy atom. The van der Waals surface area contributed by atoms with Gasteiger partial charge in [-0.15, -0.1) is 0 Å². The van der Waals surface area contributed by atoms with Gasteiger partial charge in [-0.25, -0.2) is 0 Å². The van der Waals surface area contributed by atoms with Gasteiger partial charge in [0, 0.05) is 11.3 Å². The zero-order valence-corrected chi connectivity index (χ0v) is 18.5. The van der Waals surface area contributed by atoms with Crippen LogP contribution in [0.1, 0.15) is 69.6 Å². The molecule has 2 aliphatic carbocycles. The van der Waals surface area contributed by atoms with Gasteiger partial charge in [0.1, 0.15) is 0 Å². The zero-order valence-electron chi connectivity index (χ0n) is 17.5. The van der Waals surface area contributed by atoms with Gasteiger partial charge in [-0.2, -0.15) is 0 Å². The molecule has 1 aromatic carbocycles. The van der Waals surface area contributed by atoms with Crippen LogP contribution in [-0.2, 0) is 14.6 Å². The molecule has 2 nitrogen and oxygen atoms in total. The van der Waals surface area contributed by atoms with Crippen LogP contribution < -0.4 is 0 Å². The van der Waals surface area contributed by atoms with E-state index < -0.39 is 13.7 Å². The Labute approximate surface area is 160 Å². The lowest BCUT2D eigenvalue weighted by Gasteiger charge is -2.52. The third-order valence-corrected chi connectivity index (χ3v) is 7.25. The summed E-state index contributed by atoms with van der Waals surface area (Å²) in [5.41, 5.74) is 3.69. The van der Waals surface area contributed by atoms with E-state index in [2.05, 4.69) is 77.7 Å². The van der Waals surface area contributed by atoms with E-state index in [-0.39, 0.29) is 17.3 Å². The minimum absolute atomic E-state index is 0.00501. The Balaban J connectivity index is 2.02.